The Labute approximate surface area is 81.9 Å². The van der Waals surface area contributed by atoms with E-state index >= 15 is 0 Å². The molecule has 0 aliphatic heterocycles. The maximum Gasteiger partial charge on any atom is 0.0775 e. The minimum Gasteiger partial charge on any atom is -0.388 e. The second kappa shape index (κ2) is 5.43. The number of hydrogen-bond donors (Lipinski definition) is 1. The molecule has 0 aromatic heterocycles. The van der Waals surface area contributed by atoms with Crippen LogP contribution in [0.2, 0.25) is 0 Å². The molecule has 0 saturated heterocycles. The molecule has 0 heterocycles. The van der Waals surface area contributed by atoms with E-state index in [9.17, 15) is 5.11 Å². The first-order valence-electron chi connectivity index (χ1n) is 5.62. The number of aliphatic hydroxyl groups excluding tert-OH is 1. The van der Waals surface area contributed by atoms with Crippen molar-refractivity contribution in [1.29, 1.82) is 0 Å². The summed E-state index contributed by atoms with van der Waals surface area (Å²) in [6.45, 7) is 4.28. The van der Waals surface area contributed by atoms with Gasteiger partial charge in [0.1, 0.15) is 0 Å². The van der Waals surface area contributed by atoms with Gasteiger partial charge in [0.05, 0.1) is 6.10 Å². The van der Waals surface area contributed by atoms with Crippen molar-refractivity contribution in [3.05, 3.63) is 11.6 Å². The molecule has 1 aliphatic carbocycles. The molecule has 13 heavy (non-hydrogen) atoms. The zero-order valence-corrected chi connectivity index (χ0v) is 8.92. The van der Waals surface area contributed by atoms with Crippen LogP contribution >= 0.6 is 0 Å². The quantitative estimate of drug-likeness (QED) is 0.664. The third kappa shape index (κ3) is 3.15. The highest BCUT2D eigenvalue weighted by Gasteiger charge is 2.17. The van der Waals surface area contributed by atoms with E-state index in [4.69, 9.17) is 0 Å². The Hall–Kier alpha value is -0.300. The molecule has 2 atom stereocenters. The lowest BCUT2D eigenvalue weighted by atomic mass is 9.92. The van der Waals surface area contributed by atoms with E-state index in [-0.39, 0.29) is 6.10 Å². The third-order valence-corrected chi connectivity index (χ3v) is 3.14. The number of hydrogen-bond acceptors (Lipinski definition) is 1. The molecule has 0 aromatic carbocycles. The first-order valence-corrected chi connectivity index (χ1v) is 5.62. The summed E-state index contributed by atoms with van der Waals surface area (Å²) in [5.74, 6) is 0.421. The largest absolute Gasteiger partial charge is 0.388 e. The van der Waals surface area contributed by atoms with Gasteiger partial charge in [-0.3, -0.25) is 0 Å². The number of aliphatic hydroxyl groups is 1. The molecular weight excluding hydrogens is 160 g/mol. The van der Waals surface area contributed by atoms with Crippen LogP contribution in [0.5, 0.6) is 0 Å². The molecule has 2 unspecified atom stereocenters. The predicted octanol–water partition coefficient (Wildman–Crippen LogP) is 3.28. The van der Waals surface area contributed by atoms with Crippen LogP contribution in [-0.2, 0) is 0 Å². The fourth-order valence-electron chi connectivity index (χ4n) is 1.90. The van der Waals surface area contributed by atoms with Gasteiger partial charge in [-0.1, -0.05) is 32.8 Å². The van der Waals surface area contributed by atoms with E-state index in [1.807, 2.05) is 0 Å². The van der Waals surface area contributed by atoms with Crippen LogP contribution in [0, 0.1) is 5.92 Å². The van der Waals surface area contributed by atoms with Crippen LogP contribution in [0.15, 0.2) is 11.6 Å². The molecule has 0 spiro atoms. The highest BCUT2D eigenvalue weighted by atomic mass is 16.3. The monoisotopic (exact) mass is 182 g/mol. The predicted molar refractivity (Wildman–Crippen MR) is 56.6 cm³/mol. The van der Waals surface area contributed by atoms with Gasteiger partial charge >= 0.3 is 0 Å². The van der Waals surface area contributed by atoms with E-state index in [1.165, 1.54) is 31.3 Å². The molecule has 1 rings (SSSR count). The summed E-state index contributed by atoms with van der Waals surface area (Å²) in [4.78, 5) is 0. The summed E-state index contributed by atoms with van der Waals surface area (Å²) >= 11 is 0. The third-order valence-electron chi connectivity index (χ3n) is 3.14. The average Bonchev–Trinajstić information content (AvgIpc) is 2.43. The lowest BCUT2D eigenvalue weighted by Crippen LogP contribution is -2.19. The molecule has 0 bridgehead atoms. The summed E-state index contributed by atoms with van der Waals surface area (Å²) in [6, 6.07) is 0. The van der Waals surface area contributed by atoms with E-state index in [1.54, 1.807) is 0 Å². The van der Waals surface area contributed by atoms with Crippen molar-refractivity contribution in [2.45, 2.75) is 58.5 Å². The Balaban J connectivity index is 2.52. The van der Waals surface area contributed by atoms with Gasteiger partial charge in [0, 0.05) is 0 Å². The summed E-state index contributed by atoms with van der Waals surface area (Å²) < 4.78 is 0. The zero-order valence-electron chi connectivity index (χ0n) is 8.92. The van der Waals surface area contributed by atoms with Gasteiger partial charge in [-0.05, 0) is 37.2 Å². The topological polar surface area (TPSA) is 20.2 Å². The van der Waals surface area contributed by atoms with Gasteiger partial charge in [-0.15, -0.1) is 0 Å². The fourth-order valence-corrected chi connectivity index (χ4v) is 1.90. The molecule has 1 nitrogen and oxygen atoms in total. The molecule has 1 N–H and O–H groups in total. The lowest BCUT2D eigenvalue weighted by Gasteiger charge is -2.20. The molecule has 76 valence electrons. The van der Waals surface area contributed by atoms with Crippen molar-refractivity contribution in [2.24, 2.45) is 5.92 Å². The summed E-state index contributed by atoms with van der Waals surface area (Å²) in [7, 11) is 0. The highest BCUT2D eigenvalue weighted by molar-refractivity contribution is 5.10. The molecule has 1 heteroatoms. The molecule has 0 aromatic rings. The van der Waals surface area contributed by atoms with Crippen molar-refractivity contribution >= 4 is 0 Å². The van der Waals surface area contributed by atoms with Crippen LogP contribution in [0.1, 0.15) is 52.4 Å². The molecule has 0 radical (unpaired) electrons. The first kappa shape index (κ1) is 10.8. The number of allylic oxidation sites excluding steroid dienone is 1. The lowest BCUT2D eigenvalue weighted by molar-refractivity contribution is 0.144. The minimum atomic E-state index is -0.178. The minimum absolute atomic E-state index is 0.178. The smallest absolute Gasteiger partial charge is 0.0775 e. The summed E-state index contributed by atoms with van der Waals surface area (Å²) in [5.41, 5.74) is 1.30. The van der Waals surface area contributed by atoms with Gasteiger partial charge in [-0.2, -0.15) is 0 Å². The summed E-state index contributed by atoms with van der Waals surface area (Å²) in [5, 5.41) is 10.00. The fraction of sp³-hybridized carbons (Fsp3) is 0.833. The second-order valence-corrected chi connectivity index (χ2v) is 4.21. The van der Waals surface area contributed by atoms with Gasteiger partial charge < -0.3 is 5.11 Å². The molecule has 0 amide bonds. The Kier molecular flexibility index (Phi) is 4.51. The van der Waals surface area contributed by atoms with Gasteiger partial charge in [-0.25, -0.2) is 0 Å². The van der Waals surface area contributed by atoms with Crippen LogP contribution in [0.3, 0.4) is 0 Å². The van der Waals surface area contributed by atoms with Crippen LogP contribution in [0.25, 0.3) is 0 Å². The van der Waals surface area contributed by atoms with Gasteiger partial charge in [0.15, 0.2) is 0 Å². The van der Waals surface area contributed by atoms with Crippen molar-refractivity contribution in [3.63, 3.8) is 0 Å². The van der Waals surface area contributed by atoms with Gasteiger partial charge in [0.2, 0.25) is 0 Å². The maximum absolute atomic E-state index is 10.00. The van der Waals surface area contributed by atoms with E-state index in [0.29, 0.717) is 5.92 Å². The summed E-state index contributed by atoms with van der Waals surface area (Å²) in [6.07, 6.45) is 9.34. The Morgan fingerprint density at radius 3 is 2.85 bits per heavy atom. The average molecular weight is 182 g/mol. The Bertz CT molecular complexity index is 172. The normalized spacial score (nSPS) is 23.2. The molecule has 0 fully saturated rings. The second-order valence-electron chi connectivity index (χ2n) is 4.21. The molecule has 1 aliphatic rings. The molecular formula is C12H22O. The van der Waals surface area contributed by atoms with Crippen LogP contribution in [0.4, 0.5) is 0 Å². The van der Waals surface area contributed by atoms with Crippen molar-refractivity contribution in [1.82, 2.24) is 0 Å². The Morgan fingerprint density at radius 1 is 1.38 bits per heavy atom. The van der Waals surface area contributed by atoms with Crippen LogP contribution < -0.4 is 0 Å². The standard InChI is InChI=1S/C12H22O/c1-3-10(2)12(13)11-8-6-4-5-7-9-11/h8,10,12-13H,3-7,9H2,1-2H3. The van der Waals surface area contributed by atoms with Crippen molar-refractivity contribution in [2.75, 3.05) is 0 Å². The van der Waals surface area contributed by atoms with E-state index in [0.717, 1.165) is 12.8 Å². The van der Waals surface area contributed by atoms with Crippen molar-refractivity contribution in [3.8, 4) is 0 Å². The van der Waals surface area contributed by atoms with E-state index < -0.39 is 0 Å². The molecule has 0 saturated carbocycles. The SMILES string of the molecule is CCC(C)C(O)C1=CCCCCC1. The van der Waals surface area contributed by atoms with E-state index in [2.05, 4.69) is 19.9 Å². The number of rotatable bonds is 3. The highest BCUT2D eigenvalue weighted by Crippen LogP contribution is 2.24. The van der Waals surface area contributed by atoms with Crippen molar-refractivity contribution < 1.29 is 5.11 Å². The first-order chi connectivity index (χ1) is 6.25. The van der Waals surface area contributed by atoms with Crippen LogP contribution in [-0.4, -0.2) is 11.2 Å². The Morgan fingerprint density at radius 2 is 2.15 bits per heavy atom. The maximum atomic E-state index is 10.00. The zero-order chi connectivity index (χ0) is 9.68. The van der Waals surface area contributed by atoms with Gasteiger partial charge in [0.25, 0.3) is 0 Å².